The highest BCUT2D eigenvalue weighted by atomic mass is 79.9. The van der Waals surface area contributed by atoms with Crippen molar-refractivity contribution in [2.24, 2.45) is 0 Å². The van der Waals surface area contributed by atoms with Gasteiger partial charge in [0.25, 0.3) is 0 Å². The predicted molar refractivity (Wildman–Crippen MR) is 72.2 cm³/mol. The fourth-order valence-electron chi connectivity index (χ4n) is 1.16. The molecule has 1 N–H and O–H groups in total. The summed E-state index contributed by atoms with van der Waals surface area (Å²) in [6.07, 6.45) is -0.450. The van der Waals surface area contributed by atoms with Crippen molar-refractivity contribution in [3.8, 4) is 0 Å². The van der Waals surface area contributed by atoms with Gasteiger partial charge in [-0.15, -0.1) is 0 Å². The van der Waals surface area contributed by atoms with Gasteiger partial charge in [0.05, 0.1) is 0 Å². The molecule has 0 saturated heterocycles. The summed E-state index contributed by atoms with van der Waals surface area (Å²) in [6, 6.07) is 5.48. The van der Waals surface area contributed by atoms with Gasteiger partial charge in [0.1, 0.15) is 5.60 Å². The number of carbonyl (C=O) groups is 1. The lowest BCUT2D eigenvalue weighted by Crippen LogP contribution is -2.32. The maximum Gasteiger partial charge on any atom is 0.407 e. The summed E-state index contributed by atoms with van der Waals surface area (Å²) in [7, 11) is 0. The minimum Gasteiger partial charge on any atom is -0.444 e. The molecule has 0 saturated carbocycles. The van der Waals surface area contributed by atoms with Crippen LogP contribution in [0.3, 0.4) is 0 Å². The molecule has 0 atom stereocenters. The van der Waals surface area contributed by atoms with Gasteiger partial charge in [-0.3, -0.25) is 0 Å². The molecule has 17 heavy (non-hydrogen) atoms. The third-order valence-corrected chi connectivity index (χ3v) is 2.69. The van der Waals surface area contributed by atoms with Gasteiger partial charge in [0.15, 0.2) is 0 Å². The number of amides is 1. The second kappa shape index (κ2) is 5.74. The normalized spacial score (nSPS) is 11.1. The molecule has 0 radical (unpaired) electrons. The van der Waals surface area contributed by atoms with Crippen LogP contribution in [0.5, 0.6) is 0 Å². The van der Waals surface area contributed by atoms with Crippen LogP contribution in [-0.4, -0.2) is 11.7 Å². The van der Waals surface area contributed by atoms with Crippen molar-refractivity contribution >= 4 is 33.6 Å². The van der Waals surface area contributed by atoms with E-state index in [0.717, 1.165) is 10.0 Å². The molecule has 0 aliphatic carbocycles. The van der Waals surface area contributed by atoms with Crippen molar-refractivity contribution in [1.29, 1.82) is 0 Å². The van der Waals surface area contributed by atoms with Crippen molar-refractivity contribution in [3.05, 3.63) is 33.3 Å². The molecule has 0 aliphatic heterocycles. The fourth-order valence-corrected chi connectivity index (χ4v) is 1.75. The van der Waals surface area contributed by atoms with Gasteiger partial charge in [0.2, 0.25) is 0 Å². The molecule has 94 valence electrons. The summed E-state index contributed by atoms with van der Waals surface area (Å²) in [6.45, 7) is 5.79. The Kier molecular flexibility index (Phi) is 4.83. The zero-order valence-corrected chi connectivity index (χ0v) is 12.4. The lowest BCUT2D eigenvalue weighted by Gasteiger charge is -2.19. The summed E-state index contributed by atoms with van der Waals surface area (Å²) in [5.41, 5.74) is 0.345. The molecule has 0 spiro atoms. The first-order valence-corrected chi connectivity index (χ1v) is 6.36. The quantitative estimate of drug-likeness (QED) is 0.890. The summed E-state index contributed by atoms with van der Waals surface area (Å²) < 4.78 is 6.04. The minimum atomic E-state index is -0.495. The second-order valence-corrected chi connectivity index (χ2v) is 5.91. The molecule has 1 aromatic carbocycles. The average molecular weight is 321 g/mol. The average Bonchev–Trinajstić information content (AvgIpc) is 2.17. The van der Waals surface area contributed by atoms with Crippen molar-refractivity contribution in [3.63, 3.8) is 0 Å². The lowest BCUT2D eigenvalue weighted by atomic mass is 10.2. The lowest BCUT2D eigenvalue weighted by molar-refractivity contribution is 0.0523. The van der Waals surface area contributed by atoms with Gasteiger partial charge in [-0.2, -0.15) is 0 Å². The van der Waals surface area contributed by atoms with Crippen LogP contribution < -0.4 is 5.32 Å². The number of halogens is 2. The molecule has 1 rings (SSSR count). The van der Waals surface area contributed by atoms with Crippen LogP contribution >= 0.6 is 27.5 Å². The number of benzene rings is 1. The van der Waals surface area contributed by atoms with Crippen LogP contribution in [0.1, 0.15) is 26.3 Å². The predicted octanol–water partition coefficient (Wildman–Crippen LogP) is 4.13. The van der Waals surface area contributed by atoms with E-state index in [0.29, 0.717) is 11.6 Å². The topological polar surface area (TPSA) is 38.3 Å². The first-order chi connectivity index (χ1) is 7.78. The Morgan fingerprint density at radius 2 is 2.12 bits per heavy atom. The van der Waals surface area contributed by atoms with E-state index in [2.05, 4.69) is 21.2 Å². The molecule has 0 bridgehead atoms. The Hall–Kier alpha value is -0.740. The van der Waals surface area contributed by atoms with Gasteiger partial charge in [-0.1, -0.05) is 27.5 Å². The van der Waals surface area contributed by atoms with Gasteiger partial charge < -0.3 is 10.1 Å². The van der Waals surface area contributed by atoms with Crippen LogP contribution in [0.15, 0.2) is 22.7 Å². The van der Waals surface area contributed by atoms with E-state index in [1.54, 1.807) is 6.07 Å². The number of hydrogen-bond acceptors (Lipinski definition) is 2. The fraction of sp³-hybridized carbons (Fsp3) is 0.417. The maximum absolute atomic E-state index is 11.4. The van der Waals surface area contributed by atoms with E-state index in [1.165, 1.54) is 0 Å². The summed E-state index contributed by atoms with van der Waals surface area (Å²) in [5, 5.41) is 3.27. The highest BCUT2D eigenvalue weighted by Gasteiger charge is 2.15. The number of ether oxygens (including phenoxy) is 1. The molecular formula is C12H15BrClNO2. The zero-order chi connectivity index (χ0) is 13.1. The molecule has 0 fully saturated rings. The van der Waals surface area contributed by atoms with E-state index in [4.69, 9.17) is 16.3 Å². The minimum absolute atomic E-state index is 0.340. The number of alkyl carbamates (subject to hydrolysis) is 1. The van der Waals surface area contributed by atoms with E-state index >= 15 is 0 Å². The largest absolute Gasteiger partial charge is 0.444 e. The van der Waals surface area contributed by atoms with Gasteiger partial charge in [-0.05, 0) is 44.5 Å². The maximum atomic E-state index is 11.4. The van der Waals surface area contributed by atoms with Crippen molar-refractivity contribution < 1.29 is 9.53 Å². The third-order valence-electron chi connectivity index (χ3n) is 1.83. The van der Waals surface area contributed by atoms with Crippen LogP contribution in [0.4, 0.5) is 4.79 Å². The van der Waals surface area contributed by atoms with Gasteiger partial charge in [0, 0.05) is 16.0 Å². The first kappa shape index (κ1) is 14.3. The molecule has 3 nitrogen and oxygen atoms in total. The SMILES string of the molecule is CC(C)(C)OC(=O)NCc1cc(Br)ccc1Cl. The van der Waals surface area contributed by atoms with Crippen molar-refractivity contribution in [1.82, 2.24) is 5.32 Å². The van der Waals surface area contributed by atoms with Crippen molar-refractivity contribution in [2.75, 3.05) is 0 Å². The van der Waals surface area contributed by atoms with Gasteiger partial charge >= 0.3 is 6.09 Å². The highest BCUT2D eigenvalue weighted by Crippen LogP contribution is 2.20. The Bertz CT molecular complexity index is 415. The van der Waals surface area contributed by atoms with Crippen LogP contribution in [0, 0.1) is 0 Å². The molecular weight excluding hydrogens is 305 g/mol. The van der Waals surface area contributed by atoms with E-state index in [9.17, 15) is 4.79 Å². The Morgan fingerprint density at radius 3 is 2.71 bits per heavy atom. The highest BCUT2D eigenvalue weighted by molar-refractivity contribution is 9.10. The molecule has 1 aromatic rings. The standard InChI is InChI=1S/C12H15BrClNO2/c1-12(2,3)17-11(16)15-7-8-6-9(13)4-5-10(8)14/h4-6H,7H2,1-3H3,(H,15,16). The molecule has 0 heterocycles. The number of hydrogen-bond donors (Lipinski definition) is 1. The van der Waals surface area contributed by atoms with Crippen LogP contribution in [0.25, 0.3) is 0 Å². The third kappa shape index (κ3) is 5.41. The summed E-state index contributed by atoms with van der Waals surface area (Å²) in [4.78, 5) is 11.4. The van der Waals surface area contributed by atoms with Crippen molar-refractivity contribution in [2.45, 2.75) is 32.9 Å². The first-order valence-electron chi connectivity index (χ1n) is 5.19. The zero-order valence-electron chi connectivity index (χ0n) is 10.0. The number of nitrogens with one attached hydrogen (secondary N) is 1. The van der Waals surface area contributed by atoms with Crippen LogP contribution in [-0.2, 0) is 11.3 Å². The Balaban J connectivity index is 2.56. The molecule has 1 amide bonds. The van der Waals surface area contributed by atoms with E-state index in [-0.39, 0.29) is 0 Å². The van der Waals surface area contributed by atoms with Crippen LogP contribution in [0.2, 0.25) is 5.02 Å². The van der Waals surface area contributed by atoms with Gasteiger partial charge in [-0.25, -0.2) is 4.79 Å². The molecule has 0 unspecified atom stereocenters. The molecule has 0 aromatic heterocycles. The number of carbonyl (C=O) groups excluding carboxylic acids is 1. The molecule has 0 aliphatic rings. The Morgan fingerprint density at radius 1 is 1.47 bits per heavy atom. The van der Waals surface area contributed by atoms with E-state index < -0.39 is 11.7 Å². The van der Waals surface area contributed by atoms with E-state index in [1.807, 2.05) is 32.9 Å². The molecule has 5 heteroatoms. The smallest absolute Gasteiger partial charge is 0.407 e. The second-order valence-electron chi connectivity index (χ2n) is 4.59. The number of rotatable bonds is 2. The summed E-state index contributed by atoms with van der Waals surface area (Å²) >= 11 is 9.35. The monoisotopic (exact) mass is 319 g/mol. The Labute approximate surface area is 115 Å². The summed E-state index contributed by atoms with van der Waals surface area (Å²) in [5.74, 6) is 0.